The van der Waals surface area contributed by atoms with Gasteiger partial charge >= 0.3 is 5.97 Å². The van der Waals surface area contributed by atoms with Crippen LogP contribution in [0.2, 0.25) is 0 Å². The number of nitrogens with zero attached hydrogens (tertiary/aromatic N) is 2. The Balaban J connectivity index is 2.07. The van der Waals surface area contributed by atoms with Gasteiger partial charge in [-0.3, -0.25) is 14.5 Å². The predicted octanol–water partition coefficient (Wildman–Crippen LogP) is 4.96. The summed E-state index contributed by atoms with van der Waals surface area (Å²) < 4.78 is 17.2. The zero-order valence-corrected chi connectivity index (χ0v) is 22.9. The van der Waals surface area contributed by atoms with Crippen molar-refractivity contribution in [2.24, 2.45) is 0 Å². The van der Waals surface area contributed by atoms with Crippen LogP contribution in [-0.4, -0.2) is 48.8 Å². The van der Waals surface area contributed by atoms with Gasteiger partial charge in [-0.15, -0.1) is 0 Å². The molecule has 184 valence electrons. The van der Waals surface area contributed by atoms with Crippen LogP contribution in [-0.2, 0) is 20.7 Å². The summed E-state index contributed by atoms with van der Waals surface area (Å²) >= 11 is 7.79. The van der Waals surface area contributed by atoms with Crippen LogP contribution in [0, 0.1) is 3.57 Å². The van der Waals surface area contributed by atoms with Gasteiger partial charge in [-0.2, -0.15) is 0 Å². The molecule has 0 aromatic heterocycles. The third kappa shape index (κ3) is 6.02. The number of benzene rings is 2. The van der Waals surface area contributed by atoms with Gasteiger partial charge in [0.25, 0.3) is 5.91 Å². The number of hydrogen-bond acceptors (Lipinski definition) is 6. The van der Waals surface area contributed by atoms with Crippen LogP contribution in [0.1, 0.15) is 25.0 Å². The van der Waals surface area contributed by atoms with Gasteiger partial charge in [-0.1, -0.05) is 31.7 Å². The van der Waals surface area contributed by atoms with Gasteiger partial charge in [0.1, 0.15) is 18.8 Å². The minimum absolute atomic E-state index is 0.188. The monoisotopic (exact) mass is 606 g/mol. The number of thiocarbonyl (C=S) groups is 1. The van der Waals surface area contributed by atoms with Crippen molar-refractivity contribution in [2.45, 2.75) is 20.3 Å². The molecule has 1 saturated heterocycles. The zero-order valence-electron chi connectivity index (χ0n) is 19.9. The van der Waals surface area contributed by atoms with E-state index in [1.165, 1.54) is 16.9 Å². The molecule has 0 saturated carbocycles. The number of ether oxygens (including phenoxy) is 3. The van der Waals surface area contributed by atoms with Crippen LogP contribution in [0.15, 0.2) is 54.8 Å². The number of hydrogen-bond donors (Lipinski definition) is 0. The summed E-state index contributed by atoms with van der Waals surface area (Å²) in [5, 5.41) is 0.210. The van der Waals surface area contributed by atoms with Crippen molar-refractivity contribution in [3.05, 3.63) is 69.4 Å². The summed E-state index contributed by atoms with van der Waals surface area (Å²) in [5.41, 5.74) is 2.74. The summed E-state index contributed by atoms with van der Waals surface area (Å²) in [4.78, 5) is 28.6. The average Bonchev–Trinajstić information content (AvgIpc) is 3.07. The predicted molar refractivity (Wildman–Crippen MR) is 149 cm³/mol. The molecule has 7 nitrogen and oxygen atoms in total. The number of halogens is 1. The molecule has 1 amide bonds. The number of rotatable bonds is 10. The Bertz CT molecular complexity index is 1160. The summed E-state index contributed by atoms with van der Waals surface area (Å²) in [5.74, 6) is 0.314. The van der Waals surface area contributed by atoms with Gasteiger partial charge in [0.2, 0.25) is 0 Å². The number of amides is 1. The number of carbonyl (C=O) groups excluding carboxylic acids is 2. The second kappa shape index (κ2) is 12.2. The van der Waals surface area contributed by atoms with E-state index < -0.39 is 5.97 Å². The molecule has 1 heterocycles. The van der Waals surface area contributed by atoms with E-state index in [1.807, 2.05) is 37.3 Å². The molecule has 0 atom stereocenters. The Kier molecular flexibility index (Phi) is 9.27. The van der Waals surface area contributed by atoms with Gasteiger partial charge < -0.3 is 19.1 Å². The maximum absolute atomic E-state index is 13.6. The van der Waals surface area contributed by atoms with Crippen molar-refractivity contribution >= 4 is 63.6 Å². The van der Waals surface area contributed by atoms with E-state index in [9.17, 15) is 9.59 Å². The highest BCUT2D eigenvalue weighted by atomic mass is 127. The second-order valence-corrected chi connectivity index (χ2v) is 9.03. The number of carbonyl (C=O) groups is 2. The second-order valence-electron chi connectivity index (χ2n) is 7.50. The summed E-state index contributed by atoms with van der Waals surface area (Å²) in [6.07, 6.45) is 4.23. The summed E-state index contributed by atoms with van der Waals surface area (Å²) in [6, 6.07) is 11.3. The number of methoxy groups -OCH3 is 1. The largest absolute Gasteiger partial charge is 0.490 e. The van der Waals surface area contributed by atoms with Gasteiger partial charge in [-0.25, -0.2) is 0 Å². The van der Waals surface area contributed by atoms with Crippen LogP contribution < -0.4 is 14.4 Å². The fraction of sp³-hybridized carbons (Fsp3) is 0.269. The molecule has 0 aliphatic carbocycles. The van der Waals surface area contributed by atoms with Crippen LogP contribution in [0.25, 0.3) is 6.08 Å². The molecule has 3 rings (SSSR count). The first-order valence-corrected chi connectivity index (χ1v) is 12.6. The Labute approximate surface area is 224 Å². The van der Waals surface area contributed by atoms with Crippen LogP contribution in [0.3, 0.4) is 0 Å². The molecule has 1 fully saturated rings. The molecule has 0 spiro atoms. The highest BCUT2D eigenvalue weighted by molar-refractivity contribution is 14.1. The minimum atomic E-state index is -0.507. The van der Waals surface area contributed by atoms with E-state index in [0.29, 0.717) is 36.0 Å². The standard InChI is InChI=1S/C26H27IN2O5S/c1-5-12-34-24-20(27)13-18(15-22(24)33-7-3)14-21-25(31)29(19-10-8-17(6-2)9-11-19)26(35)28(21)16-23(30)32-4/h5,8-11,13-15H,1,6-7,12,16H2,2-4H3/b21-14-. The zero-order chi connectivity index (χ0) is 25.5. The molecule has 9 heteroatoms. The van der Waals surface area contributed by atoms with Crippen molar-refractivity contribution in [3.63, 3.8) is 0 Å². The number of esters is 1. The van der Waals surface area contributed by atoms with E-state index in [-0.39, 0.29) is 23.3 Å². The highest BCUT2D eigenvalue weighted by Gasteiger charge is 2.40. The SMILES string of the molecule is C=CCOc1c(I)cc(/C=C2/C(=O)N(c3ccc(CC)cc3)C(=S)N2CC(=O)OC)cc1OCC. The number of anilines is 1. The summed E-state index contributed by atoms with van der Waals surface area (Å²) in [6.45, 7) is 8.22. The maximum Gasteiger partial charge on any atom is 0.325 e. The van der Waals surface area contributed by atoms with E-state index in [1.54, 1.807) is 18.2 Å². The van der Waals surface area contributed by atoms with Crippen molar-refractivity contribution in [2.75, 3.05) is 31.8 Å². The third-order valence-electron chi connectivity index (χ3n) is 5.23. The molecule has 2 aromatic carbocycles. The van der Waals surface area contributed by atoms with Crippen molar-refractivity contribution < 1.29 is 23.8 Å². The molecule has 2 aromatic rings. The lowest BCUT2D eigenvalue weighted by Gasteiger charge is -2.19. The van der Waals surface area contributed by atoms with Crippen molar-refractivity contribution in [1.82, 2.24) is 4.90 Å². The van der Waals surface area contributed by atoms with Crippen LogP contribution in [0.4, 0.5) is 5.69 Å². The molecule has 0 radical (unpaired) electrons. The van der Waals surface area contributed by atoms with Crippen LogP contribution >= 0.6 is 34.8 Å². The molecule has 1 aliphatic rings. The highest BCUT2D eigenvalue weighted by Crippen LogP contribution is 2.36. The Morgan fingerprint density at radius 3 is 2.49 bits per heavy atom. The normalized spacial score (nSPS) is 14.5. The average molecular weight is 606 g/mol. The third-order valence-corrected chi connectivity index (χ3v) is 6.44. The smallest absolute Gasteiger partial charge is 0.325 e. The first kappa shape index (κ1) is 26.7. The van der Waals surface area contributed by atoms with Gasteiger partial charge in [0.15, 0.2) is 16.6 Å². The fourth-order valence-electron chi connectivity index (χ4n) is 3.51. The number of aryl methyl sites for hydroxylation is 1. The van der Waals surface area contributed by atoms with E-state index in [0.717, 1.165) is 15.6 Å². The quantitative estimate of drug-likeness (QED) is 0.125. The topological polar surface area (TPSA) is 68.3 Å². The first-order chi connectivity index (χ1) is 16.8. The molecular weight excluding hydrogens is 579 g/mol. The molecule has 1 aliphatic heterocycles. The molecule has 0 bridgehead atoms. The van der Waals surface area contributed by atoms with E-state index in [4.69, 9.17) is 26.4 Å². The van der Waals surface area contributed by atoms with E-state index in [2.05, 4.69) is 36.1 Å². The lowest BCUT2D eigenvalue weighted by Crippen LogP contribution is -2.35. The maximum atomic E-state index is 13.6. The van der Waals surface area contributed by atoms with Gasteiger partial charge in [0, 0.05) is 0 Å². The Morgan fingerprint density at radius 2 is 1.89 bits per heavy atom. The fourth-order valence-corrected chi connectivity index (χ4v) is 4.64. The first-order valence-electron chi connectivity index (χ1n) is 11.1. The molecular formula is C26H27IN2O5S. The molecule has 35 heavy (non-hydrogen) atoms. The Morgan fingerprint density at radius 1 is 1.17 bits per heavy atom. The van der Waals surface area contributed by atoms with Gasteiger partial charge in [0.05, 0.1) is 23.0 Å². The van der Waals surface area contributed by atoms with E-state index >= 15 is 0 Å². The van der Waals surface area contributed by atoms with Crippen molar-refractivity contribution in [1.29, 1.82) is 0 Å². The van der Waals surface area contributed by atoms with Gasteiger partial charge in [-0.05, 0) is 89.6 Å². The minimum Gasteiger partial charge on any atom is -0.490 e. The lowest BCUT2D eigenvalue weighted by molar-refractivity contribution is -0.140. The molecule has 0 unspecified atom stereocenters. The summed E-state index contributed by atoms with van der Waals surface area (Å²) in [7, 11) is 1.30. The van der Waals surface area contributed by atoms with Crippen LogP contribution in [0.5, 0.6) is 11.5 Å². The van der Waals surface area contributed by atoms with Crippen molar-refractivity contribution in [3.8, 4) is 11.5 Å². The lowest BCUT2D eigenvalue weighted by atomic mass is 10.1. The Hall–Kier alpha value is -2.92. The molecule has 0 N–H and O–H groups in total.